The number of rotatable bonds is 6. The van der Waals surface area contributed by atoms with E-state index in [0.717, 1.165) is 16.9 Å². The lowest BCUT2D eigenvalue weighted by molar-refractivity contribution is 0.0940. The van der Waals surface area contributed by atoms with E-state index in [1.165, 1.54) is 0 Å². The molecule has 6 heteroatoms. The molecule has 6 nitrogen and oxygen atoms in total. The third kappa shape index (κ3) is 4.41. The molecule has 1 aromatic heterocycles. The molecule has 0 saturated heterocycles. The van der Waals surface area contributed by atoms with Gasteiger partial charge in [-0.3, -0.25) is 9.59 Å². The predicted molar refractivity (Wildman–Crippen MR) is 104 cm³/mol. The third-order valence-corrected chi connectivity index (χ3v) is 4.13. The van der Waals surface area contributed by atoms with E-state index >= 15 is 0 Å². The molecule has 3 rings (SSSR count). The summed E-state index contributed by atoms with van der Waals surface area (Å²) in [5.74, 6) is -0.337. The summed E-state index contributed by atoms with van der Waals surface area (Å²) in [4.78, 5) is 24.2. The number of aromatic nitrogens is 2. The molecule has 2 amide bonds. The molecular weight excluding hydrogens is 340 g/mol. The van der Waals surface area contributed by atoms with Crippen molar-refractivity contribution in [2.45, 2.75) is 20.4 Å². The van der Waals surface area contributed by atoms with E-state index in [-0.39, 0.29) is 11.8 Å². The summed E-state index contributed by atoms with van der Waals surface area (Å²) >= 11 is 0. The van der Waals surface area contributed by atoms with Gasteiger partial charge < -0.3 is 10.6 Å². The molecule has 0 unspecified atom stereocenters. The summed E-state index contributed by atoms with van der Waals surface area (Å²) < 4.78 is 1.75. The Hall–Kier alpha value is -3.41. The summed E-state index contributed by atoms with van der Waals surface area (Å²) in [5, 5.41) is 10.0. The summed E-state index contributed by atoms with van der Waals surface area (Å²) in [5.41, 5.74) is 3.68. The zero-order chi connectivity index (χ0) is 19.2. The number of hydrogen-bond donors (Lipinski definition) is 2. The minimum Gasteiger partial charge on any atom is -0.352 e. The minimum absolute atomic E-state index is 0.102. The maximum atomic E-state index is 12.4. The quantitative estimate of drug-likeness (QED) is 0.708. The highest BCUT2D eigenvalue weighted by molar-refractivity contribution is 5.94. The largest absolute Gasteiger partial charge is 0.352 e. The van der Waals surface area contributed by atoms with Crippen LogP contribution in [0, 0.1) is 6.92 Å². The summed E-state index contributed by atoms with van der Waals surface area (Å²) in [7, 11) is 0. The third-order valence-electron chi connectivity index (χ3n) is 4.13. The molecule has 2 aromatic carbocycles. The molecule has 0 fully saturated rings. The number of para-hydroxylation sites is 1. The first-order chi connectivity index (χ1) is 13.1. The Morgan fingerprint density at radius 1 is 0.963 bits per heavy atom. The van der Waals surface area contributed by atoms with Crippen molar-refractivity contribution in [3.05, 3.63) is 83.2 Å². The van der Waals surface area contributed by atoms with Crippen LogP contribution < -0.4 is 10.6 Å². The average Bonchev–Trinajstić information content (AvgIpc) is 3.09. The van der Waals surface area contributed by atoms with Gasteiger partial charge >= 0.3 is 0 Å². The van der Waals surface area contributed by atoms with Gasteiger partial charge in [0.25, 0.3) is 11.8 Å². The molecule has 0 aliphatic rings. The van der Waals surface area contributed by atoms with Crippen molar-refractivity contribution in [1.82, 2.24) is 20.4 Å². The predicted octanol–water partition coefficient (Wildman–Crippen LogP) is 2.86. The monoisotopic (exact) mass is 362 g/mol. The fraction of sp³-hybridized carbons (Fsp3) is 0.190. The van der Waals surface area contributed by atoms with Gasteiger partial charge in [0.15, 0.2) is 5.69 Å². The number of carbonyl (C=O) groups is 2. The van der Waals surface area contributed by atoms with Crippen molar-refractivity contribution < 1.29 is 9.59 Å². The van der Waals surface area contributed by atoms with Crippen molar-refractivity contribution in [2.75, 3.05) is 6.54 Å². The molecule has 0 atom stereocenters. The van der Waals surface area contributed by atoms with Crippen LogP contribution in [0.2, 0.25) is 0 Å². The minimum atomic E-state index is -0.236. The molecule has 138 valence electrons. The van der Waals surface area contributed by atoms with Crippen LogP contribution in [0.15, 0.2) is 60.7 Å². The number of nitrogens with one attached hydrogen (secondary N) is 2. The first-order valence-corrected chi connectivity index (χ1v) is 8.86. The molecule has 0 radical (unpaired) electrons. The topological polar surface area (TPSA) is 76.0 Å². The van der Waals surface area contributed by atoms with Crippen LogP contribution in [0.1, 0.15) is 39.0 Å². The van der Waals surface area contributed by atoms with Crippen LogP contribution in [0.4, 0.5) is 0 Å². The van der Waals surface area contributed by atoms with Gasteiger partial charge in [-0.2, -0.15) is 5.10 Å². The Bertz CT molecular complexity index is 931. The van der Waals surface area contributed by atoms with Gasteiger partial charge in [-0.05, 0) is 49.7 Å². The van der Waals surface area contributed by atoms with Gasteiger partial charge in [-0.15, -0.1) is 0 Å². The highest BCUT2D eigenvalue weighted by Crippen LogP contribution is 2.12. The Balaban J connectivity index is 1.64. The molecule has 1 heterocycles. The van der Waals surface area contributed by atoms with Crippen LogP contribution in [0.3, 0.4) is 0 Å². The standard InChI is InChI=1S/C21H22N4O2/c1-3-22-20(26)17-11-9-16(10-12-17)14-23-21(27)19-13-15(2)25(24-19)18-7-5-4-6-8-18/h4-13H,3,14H2,1-2H3,(H,22,26)(H,23,27). The van der Waals surface area contributed by atoms with Gasteiger partial charge in [0.05, 0.1) is 5.69 Å². The van der Waals surface area contributed by atoms with Gasteiger partial charge in [0.1, 0.15) is 0 Å². The zero-order valence-electron chi connectivity index (χ0n) is 15.4. The van der Waals surface area contributed by atoms with Crippen molar-refractivity contribution in [1.29, 1.82) is 0 Å². The highest BCUT2D eigenvalue weighted by Gasteiger charge is 2.13. The Morgan fingerprint density at radius 2 is 1.67 bits per heavy atom. The fourth-order valence-corrected chi connectivity index (χ4v) is 2.73. The first kappa shape index (κ1) is 18.4. The van der Waals surface area contributed by atoms with Crippen LogP contribution in [0.25, 0.3) is 5.69 Å². The van der Waals surface area contributed by atoms with Crippen molar-refractivity contribution >= 4 is 11.8 Å². The van der Waals surface area contributed by atoms with Crippen molar-refractivity contribution in [3.63, 3.8) is 0 Å². The molecule has 3 aromatic rings. The summed E-state index contributed by atoms with van der Waals surface area (Å²) in [6.07, 6.45) is 0. The van der Waals surface area contributed by atoms with Crippen LogP contribution in [-0.4, -0.2) is 28.1 Å². The molecule has 2 N–H and O–H groups in total. The number of aryl methyl sites for hydroxylation is 1. The number of amides is 2. The molecule has 0 saturated carbocycles. The highest BCUT2D eigenvalue weighted by atomic mass is 16.2. The smallest absolute Gasteiger partial charge is 0.272 e. The molecule has 27 heavy (non-hydrogen) atoms. The fourth-order valence-electron chi connectivity index (χ4n) is 2.73. The molecular formula is C21H22N4O2. The van der Waals surface area contributed by atoms with Crippen molar-refractivity contribution in [2.24, 2.45) is 0 Å². The normalized spacial score (nSPS) is 10.4. The number of carbonyl (C=O) groups excluding carboxylic acids is 2. The SMILES string of the molecule is CCNC(=O)c1ccc(CNC(=O)c2cc(C)n(-c3ccccc3)n2)cc1. The van der Waals surface area contributed by atoms with Gasteiger partial charge in [-0.1, -0.05) is 30.3 Å². The number of benzene rings is 2. The second kappa shape index (κ2) is 8.31. The second-order valence-corrected chi connectivity index (χ2v) is 6.16. The van der Waals surface area contributed by atoms with Crippen LogP contribution in [0.5, 0.6) is 0 Å². The van der Waals surface area contributed by atoms with Crippen molar-refractivity contribution in [3.8, 4) is 5.69 Å². The van der Waals surface area contributed by atoms with E-state index in [0.29, 0.717) is 24.3 Å². The molecule has 0 aliphatic carbocycles. The van der Waals surface area contributed by atoms with Gasteiger partial charge in [0.2, 0.25) is 0 Å². The van der Waals surface area contributed by atoms with E-state index in [1.54, 1.807) is 22.9 Å². The van der Waals surface area contributed by atoms with E-state index in [9.17, 15) is 9.59 Å². The number of nitrogens with zero attached hydrogens (tertiary/aromatic N) is 2. The number of hydrogen-bond acceptors (Lipinski definition) is 3. The Morgan fingerprint density at radius 3 is 2.33 bits per heavy atom. The zero-order valence-corrected chi connectivity index (χ0v) is 15.4. The van der Waals surface area contributed by atoms with Crippen LogP contribution >= 0.6 is 0 Å². The second-order valence-electron chi connectivity index (χ2n) is 6.16. The van der Waals surface area contributed by atoms with E-state index < -0.39 is 0 Å². The van der Waals surface area contributed by atoms with E-state index in [1.807, 2.05) is 56.3 Å². The maximum absolute atomic E-state index is 12.4. The van der Waals surface area contributed by atoms with E-state index in [2.05, 4.69) is 15.7 Å². The van der Waals surface area contributed by atoms with Crippen LogP contribution in [-0.2, 0) is 6.54 Å². The lowest BCUT2D eigenvalue weighted by Crippen LogP contribution is -2.24. The molecule has 0 bridgehead atoms. The summed E-state index contributed by atoms with van der Waals surface area (Å²) in [6, 6.07) is 18.6. The average molecular weight is 362 g/mol. The first-order valence-electron chi connectivity index (χ1n) is 8.86. The van der Waals surface area contributed by atoms with Gasteiger partial charge in [-0.25, -0.2) is 4.68 Å². The molecule has 0 spiro atoms. The maximum Gasteiger partial charge on any atom is 0.272 e. The van der Waals surface area contributed by atoms with E-state index in [4.69, 9.17) is 0 Å². The lowest BCUT2D eigenvalue weighted by atomic mass is 10.1. The molecule has 0 aliphatic heterocycles. The summed E-state index contributed by atoms with van der Waals surface area (Å²) in [6.45, 7) is 4.75. The Labute approximate surface area is 158 Å². The lowest BCUT2D eigenvalue weighted by Gasteiger charge is -2.06. The van der Waals surface area contributed by atoms with Gasteiger partial charge in [0, 0.05) is 24.3 Å². The Kier molecular flexibility index (Phi) is 5.66.